The minimum absolute atomic E-state index is 0.0310. The summed E-state index contributed by atoms with van der Waals surface area (Å²) in [4.78, 5) is 0.0310. The number of rotatable bonds is 3. The molecule has 72 valence electrons. The molecule has 0 bridgehead atoms. The maximum atomic E-state index is 13.1. The van der Waals surface area contributed by atoms with Gasteiger partial charge in [-0.1, -0.05) is 0 Å². The van der Waals surface area contributed by atoms with Crippen molar-refractivity contribution in [3.63, 3.8) is 0 Å². The number of halogens is 2. The number of hydrogen-bond donors (Lipinski definition) is 0. The van der Waals surface area contributed by atoms with E-state index < -0.39 is 11.6 Å². The molecule has 1 nitrogen and oxygen atoms in total. The zero-order chi connectivity index (χ0) is 9.84. The Morgan fingerprint density at radius 3 is 2.23 bits per heavy atom. The summed E-state index contributed by atoms with van der Waals surface area (Å²) in [6.07, 6.45) is 1.63. The first kappa shape index (κ1) is 10.3. The van der Waals surface area contributed by atoms with Gasteiger partial charge < -0.3 is 4.74 Å². The van der Waals surface area contributed by atoms with E-state index in [0.717, 1.165) is 11.8 Å². The number of ether oxygens (including phenoxy) is 1. The minimum atomic E-state index is -0.573. The highest BCUT2D eigenvalue weighted by Crippen LogP contribution is 2.27. The Balaban J connectivity index is 3.05. The van der Waals surface area contributed by atoms with Crippen LogP contribution in [0.4, 0.5) is 8.78 Å². The third-order valence-electron chi connectivity index (χ3n) is 1.49. The molecule has 0 saturated carbocycles. The molecule has 4 heteroatoms. The van der Waals surface area contributed by atoms with Crippen LogP contribution in [0.3, 0.4) is 0 Å². The van der Waals surface area contributed by atoms with Gasteiger partial charge in [-0.25, -0.2) is 8.78 Å². The molecule has 1 aromatic rings. The van der Waals surface area contributed by atoms with Gasteiger partial charge in [-0.2, -0.15) is 0 Å². The van der Waals surface area contributed by atoms with E-state index in [4.69, 9.17) is 4.74 Å². The fourth-order valence-corrected chi connectivity index (χ4v) is 1.49. The summed E-state index contributed by atoms with van der Waals surface area (Å²) >= 11 is 1.04. The zero-order valence-electron chi connectivity index (χ0n) is 7.43. The second-order valence-electron chi connectivity index (χ2n) is 2.35. The van der Waals surface area contributed by atoms with Crippen molar-refractivity contribution < 1.29 is 13.5 Å². The Morgan fingerprint density at radius 2 is 1.85 bits per heavy atom. The SMILES string of the molecule is CCOc1cc(F)c(SC)c(F)c1. The maximum Gasteiger partial charge on any atom is 0.143 e. The van der Waals surface area contributed by atoms with Gasteiger partial charge in [-0.15, -0.1) is 11.8 Å². The summed E-state index contributed by atoms with van der Waals surface area (Å²) in [6.45, 7) is 2.16. The van der Waals surface area contributed by atoms with Gasteiger partial charge in [0, 0.05) is 12.1 Å². The molecule has 0 N–H and O–H groups in total. The van der Waals surface area contributed by atoms with Crippen molar-refractivity contribution >= 4 is 11.8 Å². The van der Waals surface area contributed by atoms with Crippen LogP contribution in [0.15, 0.2) is 17.0 Å². The molecule has 0 aliphatic carbocycles. The van der Waals surface area contributed by atoms with E-state index in [9.17, 15) is 8.78 Å². The Labute approximate surface area is 80.1 Å². The summed E-state index contributed by atoms with van der Waals surface area (Å²) < 4.78 is 31.2. The molecule has 0 atom stereocenters. The Hall–Kier alpha value is -0.770. The van der Waals surface area contributed by atoms with E-state index in [0.29, 0.717) is 6.61 Å². The first-order valence-electron chi connectivity index (χ1n) is 3.84. The quantitative estimate of drug-likeness (QED) is 0.700. The lowest BCUT2D eigenvalue weighted by atomic mass is 10.3. The average molecular weight is 204 g/mol. The first-order chi connectivity index (χ1) is 6.19. The Bertz CT molecular complexity index is 279. The van der Waals surface area contributed by atoms with Gasteiger partial charge in [0.25, 0.3) is 0 Å². The fraction of sp³-hybridized carbons (Fsp3) is 0.333. The second-order valence-corrected chi connectivity index (χ2v) is 3.17. The van der Waals surface area contributed by atoms with Crippen LogP contribution in [-0.2, 0) is 0 Å². The van der Waals surface area contributed by atoms with Crippen LogP contribution in [-0.4, -0.2) is 12.9 Å². The summed E-state index contributed by atoms with van der Waals surface area (Å²) in [5.41, 5.74) is 0. The predicted octanol–water partition coefficient (Wildman–Crippen LogP) is 3.09. The molecule has 0 fully saturated rings. The van der Waals surface area contributed by atoms with Gasteiger partial charge >= 0.3 is 0 Å². The Kier molecular flexibility index (Phi) is 3.54. The predicted molar refractivity (Wildman–Crippen MR) is 49.3 cm³/mol. The van der Waals surface area contributed by atoms with Crippen LogP contribution in [0.25, 0.3) is 0 Å². The minimum Gasteiger partial charge on any atom is -0.494 e. The van der Waals surface area contributed by atoms with Crippen molar-refractivity contribution in [3.8, 4) is 5.75 Å². The molecule has 0 amide bonds. The van der Waals surface area contributed by atoms with Crippen molar-refractivity contribution in [2.45, 2.75) is 11.8 Å². The van der Waals surface area contributed by atoms with Gasteiger partial charge in [0.1, 0.15) is 17.4 Å². The maximum absolute atomic E-state index is 13.1. The third kappa shape index (κ3) is 2.34. The number of thioether (sulfide) groups is 1. The van der Waals surface area contributed by atoms with Crippen LogP contribution in [0.1, 0.15) is 6.92 Å². The molecule has 0 spiro atoms. The highest BCUT2D eigenvalue weighted by atomic mass is 32.2. The van der Waals surface area contributed by atoms with Gasteiger partial charge in [0.15, 0.2) is 0 Å². The van der Waals surface area contributed by atoms with Crippen molar-refractivity contribution in [3.05, 3.63) is 23.8 Å². The standard InChI is InChI=1S/C9H10F2OS/c1-3-12-6-4-7(10)9(13-2)8(11)5-6/h4-5H,3H2,1-2H3. The Morgan fingerprint density at radius 1 is 1.31 bits per heavy atom. The molecule has 0 aliphatic heterocycles. The van der Waals surface area contributed by atoms with Gasteiger partial charge in [0.2, 0.25) is 0 Å². The fourth-order valence-electron chi connectivity index (χ4n) is 0.982. The molecule has 1 rings (SSSR count). The highest BCUT2D eigenvalue weighted by molar-refractivity contribution is 7.98. The molecular weight excluding hydrogens is 194 g/mol. The molecule has 0 aromatic heterocycles. The largest absolute Gasteiger partial charge is 0.494 e. The van der Waals surface area contributed by atoms with Gasteiger partial charge in [-0.3, -0.25) is 0 Å². The normalized spacial score (nSPS) is 10.2. The van der Waals surface area contributed by atoms with Crippen LogP contribution in [0.2, 0.25) is 0 Å². The number of hydrogen-bond acceptors (Lipinski definition) is 2. The smallest absolute Gasteiger partial charge is 0.143 e. The van der Waals surface area contributed by atoms with E-state index >= 15 is 0 Å². The summed E-state index contributed by atoms with van der Waals surface area (Å²) in [5.74, 6) is -0.915. The molecule has 0 saturated heterocycles. The molecule has 1 aromatic carbocycles. The van der Waals surface area contributed by atoms with Crippen LogP contribution in [0, 0.1) is 11.6 Å². The van der Waals surface area contributed by atoms with Gasteiger partial charge in [0.05, 0.1) is 11.5 Å². The topological polar surface area (TPSA) is 9.23 Å². The van der Waals surface area contributed by atoms with Crippen LogP contribution >= 0.6 is 11.8 Å². The van der Waals surface area contributed by atoms with Crippen molar-refractivity contribution in [1.29, 1.82) is 0 Å². The van der Waals surface area contributed by atoms with Crippen molar-refractivity contribution in [1.82, 2.24) is 0 Å². The molecule has 0 radical (unpaired) electrons. The lowest BCUT2D eigenvalue weighted by molar-refractivity contribution is 0.334. The average Bonchev–Trinajstić information content (AvgIpc) is 2.04. The third-order valence-corrected chi connectivity index (χ3v) is 2.29. The number of benzene rings is 1. The van der Waals surface area contributed by atoms with E-state index in [1.165, 1.54) is 12.1 Å². The molecule has 13 heavy (non-hydrogen) atoms. The van der Waals surface area contributed by atoms with E-state index in [1.54, 1.807) is 13.2 Å². The van der Waals surface area contributed by atoms with E-state index in [2.05, 4.69) is 0 Å². The summed E-state index contributed by atoms with van der Waals surface area (Å²) in [7, 11) is 0. The van der Waals surface area contributed by atoms with E-state index in [1.807, 2.05) is 0 Å². The second kappa shape index (κ2) is 4.46. The molecule has 0 unspecified atom stereocenters. The highest BCUT2D eigenvalue weighted by Gasteiger charge is 2.10. The molecular formula is C9H10F2OS. The van der Waals surface area contributed by atoms with Crippen molar-refractivity contribution in [2.24, 2.45) is 0 Å². The zero-order valence-corrected chi connectivity index (χ0v) is 8.25. The summed E-state index contributed by atoms with van der Waals surface area (Å²) in [5, 5.41) is 0. The monoisotopic (exact) mass is 204 g/mol. The summed E-state index contributed by atoms with van der Waals surface area (Å²) in [6, 6.07) is 2.39. The lowest BCUT2D eigenvalue weighted by Gasteiger charge is -2.06. The van der Waals surface area contributed by atoms with Gasteiger partial charge in [-0.05, 0) is 13.2 Å². The molecule has 0 aliphatic rings. The molecule has 0 heterocycles. The lowest BCUT2D eigenvalue weighted by Crippen LogP contribution is -1.95. The van der Waals surface area contributed by atoms with Crippen LogP contribution in [0.5, 0.6) is 5.75 Å². The van der Waals surface area contributed by atoms with Crippen LogP contribution < -0.4 is 4.74 Å². The van der Waals surface area contributed by atoms with Crippen molar-refractivity contribution in [2.75, 3.05) is 12.9 Å². The van der Waals surface area contributed by atoms with E-state index in [-0.39, 0.29) is 10.6 Å². The first-order valence-corrected chi connectivity index (χ1v) is 5.07.